The molecule has 31 heavy (non-hydrogen) atoms. The minimum absolute atomic E-state index is 0.282. The van der Waals surface area contributed by atoms with E-state index in [-0.39, 0.29) is 5.69 Å². The van der Waals surface area contributed by atoms with E-state index in [4.69, 9.17) is 5.73 Å². The average Bonchev–Trinajstić information content (AvgIpc) is 3.05. The van der Waals surface area contributed by atoms with Crippen LogP contribution in [0.1, 0.15) is 27.2 Å². The fourth-order valence-electron chi connectivity index (χ4n) is 3.58. The summed E-state index contributed by atoms with van der Waals surface area (Å²) in [5.41, 5.74) is 9.36. The Kier molecular flexibility index (Phi) is 5.19. The van der Waals surface area contributed by atoms with Gasteiger partial charge in [-0.1, -0.05) is 29.8 Å². The van der Waals surface area contributed by atoms with Crippen LogP contribution in [-0.4, -0.2) is 10.5 Å². The molecule has 1 amide bonds. The SMILES string of the molecule is Cc1cccc(Cn2c(C(=O)Nc3ccc(C(F)(F)F)cc3)cc3cc(N)ccc32)c1. The number of alkyl halides is 3. The first-order chi connectivity index (χ1) is 14.7. The van der Waals surface area contributed by atoms with Gasteiger partial charge in [0.25, 0.3) is 5.91 Å². The van der Waals surface area contributed by atoms with Crippen molar-refractivity contribution in [2.75, 3.05) is 11.1 Å². The van der Waals surface area contributed by atoms with Crippen molar-refractivity contribution in [2.24, 2.45) is 0 Å². The van der Waals surface area contributed by atoms with Crippen LogP contribution in [0.2, 0.25) is 0 Å². The van der Waals surface area contributed by atoms with E-state index in [1.807, 2.05) is 41.8 Å². The molecule has 0 aliphatic carbocycles. The number of nitrogens with two attached hydrogens (primary N) is 1. The summed E-state index contributed by atoms with van der Waals surface area (Å²) in [6.07, 6.45) is -4.43. The van der Waals surface area contributed by atoms with E-state index in [1.54, 1.807) is 18.2 Å². The molecule has 0 radical (unpaired) electrons. The maximum absolute atomic E-state index is 13.0. The van der Waals surface area contributed by atoms with Crippen molar-refractivity contribution in [2.45, 2.75) is 19.6 Å². The molecule has 158 valence electrons. The lowest BCUT2D eigenvalue weighted by atomic mass is 10.1. The van der Waals surface area contributed by atoms with E-state index < -0.39 is 17.6 Å². The first-order valence-electron chi connectivity index (χ1n) is 9.63. The molecule has 0 unspecified atom stereocenters. The fourth-order valence-corrected chi connectivity index (χ4v) is 3.58. The van der Waals surface area contributed by atoms with Crippen molar-refractivity contribution in [1.82, 2.24) is 4.57 Å². The van der Waals surface area contributed by atoms with Crippen LogP contribution in [0.3, 0.4) is 0 Å². The lowest BCUT2D eigenvalue weighted by Gasteiger charge is -2.13. The Morgan fingerprint density at radius 3 is 2.42 bits per heavy atom. The fraction of sp³-hybridized carbons (Fsp3) is 0.125. The molecule has 0 fully saturated rings. The Labute approximate surface area is 177 Å². The smallest absolute Gasteiger partial charge is 0.399 e. The van der Waals surface area contributed by atoms with Gasteiger partial charge in [-0.25, -0.2) is 0 Å². The minimum Gasteiger partial charge on any atom is -0.399 e. The molecule has 4 nitrogen and oxygen atoms in total. The number of aromatic nitrogens is 1. The van der Waals surface area contributed by atoms with Crippen LogP contribution in [0, 0.1) is 6.92 Å². The topological polar surface area (TPSA) is 60.0 Å². The van der Waals surface area contributed by atoms with E-state index in [2.05, 4.69) is 5.32 Å². The van der Waals surface area contributed by atoms with Crippen LogP contribution in [0.5, 0.6) is 0 Å². The first kappa shape index (κ1) is 20.5. The predicted octanol–water partition coefficient (Wildman–Crippen LogP) is 5.85. The highest BCUT2D eigenvalue weighted by atomic mass is 19.4. The lowest BCUT2D eigenvalue weighted by Crippen LogP contribution is -2.17. The Hall–Kier alpha value is -3.74. The molecular formula is C24H20F3N3O. The second-order valence-corrected chi connectivity index (χ2v) is 7.45. The van der Waals surface area contributed by atoms with E-state index in [0.717, 1.165) is 34.2 Å². The molecule has 1 aromatic heterocycles. The maximum Gasteiger partial charge on any atom is 0.416 e. The molecule has 0 bridgehead atoms. The van der Waals surface area contributed by atoms with E-state index in [0.29, 0.717) is 17.9 Å². The van der Waals surface area contributed by atoms with Gasteiger partial charge in [0.1, 0.15) is 5.69 Å². The van der Waals surface area contributed by atoms with Gasteiger partial charge in [-0.3, -0.25) is 4.79 Å². The highest BCUT2D eigenvalue weighted by Crippen LogP contribution is 2.30. The van der Waals surface area contributed by atoms with Crippen molar-refractivity contribution in [3.05, 3.63) is 95.2 Å². The summed E-state index contributed by atoms with van der Waals surface area (Å²) in [6, 6.07) is 19.5. The summed E-state index contributed by atoms with van der Waals surface area (Å²) in [5, 5.41) is 3.50. The number of rotatable bonds is 4. The lowest BCUT2D eigenvalue weighted by molar-refractivity contribution is -0.137. The molecule has 1 heterocycles. The molecule has 3 N–H and O–H groups in total. The molecule has 0 aliphatic rings. The zero-order chi connectivity index (χ0) is 22.2. The largest absolute Gasteiger partial charge is 0.416 e. The Bertz CT molecular complexity index is 1260. The normalized spacial score (nSPS) is 11.6. The van der Waals surface area contributed by atoms with Gasteiger partial charge in [0, 0.05) is 28.8 Å². The van der Waals surface area contributed by atoms with Gasteiger partial charge in [0.15, 0.2) is 0 Å². The number of hydrogen-bond donors (Lipinski definition) is 2. The number of nitrogen functional groups attached to an aromatic ring is 1. The molecule has 0 spiro atoms. The maximum atomic E-state index is 13.0. The van der Waals surface area contributed by atoms with Crippen LogP contribution in [0.15, 0.2) is 72.8 Å². The van der Waals surface area contributed by atoms with Gasteiger partial charge >= 0.3 is 6.18 Å². The van der Waals surface area contributed by atoms with Gasteiger partial charge < -0.3 is 15.6 Å². The zero-order valence-corrected chi connectivity index (χ0v) is 16.7. The van der Waals surface area contributed by atoms with E-state index >= 15 is 0 Å². The molecule has 7 heteroatoms. The van der Waals surface area contributed by atoms with Gasteiger partial charge in [0.2, 0.25) is 0 Å². The highest BCUT2D eigenvalue weighted by molar-refractivity contribution is 6.06. The number of benzene rings is 3. The summed E-state index contributed by atoms with van der Waals surface area (Å²) in [6.45, 7) is 2.46. The van der Waals surface area contributed by atoms with Gasteiger partial charge in [-0.2, -0.15) is 13.2 Å². The number of hydrogen-bond acceptors (Lipinski definition) is 2. The molecule has 4 aromatic rings. The Morgan fingerprint density at radius 1 is 1.00 bits per heavy atom. The van der Waals surface area contributed by atoms with E-state index in [1.165, 1.54) is 12.1 Å². The van der Waals surface area contributed by atoms with E-state index in [9.17, 15) is 18.0 Å². The molecule has 0 saturated carbocycles. The zero-order valence-electron chi connectivity index (χ0n) is 16.7. The summed E-state index contributed by atoms with van der Waals surface area (Å²) in [4.78, 5) is 13.0. The van der Waals surface area contributed by atoms with Crippen molar-refractivity contribution in [1.29, 1.82) is 0 Å². The highest BCUT2D eigenvalue weighted by Gasteiger charge is 2.30. The summed E-state index contributed by atoms with van der Waals surface area (Å²) in [7, 11) is 0. The van der Waals surface area contributed by atoms with Crippen LogP contribution >= 0.6 is 0 Å². The number of carbonyl (C=O) groups is 1. The average molecular weight is 423 g/mol. The van der Waals surface area contributed by atoms with Gasteiger partial charge in [-0.15, -0.1) is 0 Å². The molecule has 0 atom stereocenters. The van der Waals surface area contributed by atoms with Crippen LogP contribution in [0.25, 0.3) is 10.9 Å². The van der Waals surface area contributed by atoms with Crippen LogP contribution in [0.4, 0.5) is 24.5 Å². The monoisotopic (exact) mass is 423 g/mol. The second kappa shape index (κ2) is 7.83. The number of amides is 1. The Morgan fingerprint density at radius 2 is 1.74 bits per heavy atom. The number of halogens is 3. The number of anilines is 2. The van der Waals surface area contributed by atoms with Crippen molar-refractivity contribution in [3.8, 4) is 0 Å². The third-order valence-corrected chi connectivity index (χ3v) is 5.05. The predicted molar refractivity (Wildman–Crippen MR) is 116 cm³/mol. The quantitative estimate of drug-likeness (QED) is 0.405. The Balaban J connectivity index is 1.69. The third-order valence-electron chi connectivity index (χ3n) is 5.05. The summed E-state index contributed by atoms with van der Waals surface area (Å²) >= 11 is 0. The van der Waals surface area contributed by atoms with Crippen molar-refractivity contribution in [3.63, 3.8) is 0 Å². The second-order valence-electron chi connectivity index (χ2n) is 7.45. The first-order valence-corrected chi connectivity index (χ1v) is 9.63. The van der Waals surface area contributed by atoms with Gasteiger partial charge in [0.05, 0.1) is 5.56 Å². The number of carbonyl (C=O) groups excluding carboxylic acids is 1. The molecular weight excluding hydrogens is 403 g/mol. The molecule has 4 rings (SSSR count). The minimum atomic E-state index is -4.43. The van der Waals surface area contributed by atoms with Crippen LogP contribution < -0.4 is 11.1 Å². The number of aryl methyl sites for hydroxylation is 1. The van der Waals surface area contributed by atoms with Crippen molar-refractivity contribution < 1.29 is 18.0 Å². The third kappa shape index (κ3) is 4.40. The molecule has 3 aromatic carbocycles. The van der Waals surface area contributed by atoms with Crippen LogP contribution in [-0.2, 0) is 12.7 Å². The number of nitrogens with zero attached hydrogens (tertiary/aromatic N) is 1. The molecule has 0 saturated heterocycles. The summed E-state index contributed by atoms with van der Waals surface area (Å²) in [5.74, 6) is -0.415. The van der Waals surface area contributed by atoms with Crippen molar-refractivity contribution >= 4 is 28.2 Å². The number of fused-ring (bicyclic) bond motifs is 1. The van der Waals surface area contributed by atoms with Gasteiger partial charge in [-0.05, 0) is 61.0 Å². The molecule has 0 aliphatic heterocycles. The summed E-state index contributed by atoms with van der Waals surface area (Å²) < 4.78 is 40.2. The number of nitrogens with one attached hydrogen (secondary N) is 1. The standard InChI is InChI=1S/C24H20F3N3O/c1-15-3-2-4-16(11-15)14-30-21-10-7-19(28)12-17(21)13-22(30)23(31)29-20-8-5-18(6-9-20)24(25,26)27/h2-13H,14,28H2,1H3,(H,29,31).